The molecule has 3 aromatic heterocycles. The minimum absolute atomic E-state index is 0.831. The lowest BCUT2D eigenvalue weighted by Crippen LogP contribution is -2.11. The van der Waals surface area contributed by atoms with Crippen molar-refractivity contribution < 1.29 is 13.3 Å². The van der Waals surface area contributed by atoms with E-state index in [9.17, 15) is 0 Å². The van der Waals surface area contributed by atoms with Gasteiger partial charge in [0.2, 0.25) is 0 Å². The van der Waals surface area contributed by atoms with Crippen molar-refractivity contribution in [3.8, 4) is 22.3 Å². The standard InChI is InChI=1S/C56H33NO3/c1-3-16-38-34(12-1)14-7-24-48(38)57(49-25-8-15-35-13-2-4-17-39(35)49)37-29-31-51-46(33-37)45-23-10-22-44(56(45)60-51)42-20-11-27-53-54(42)47-32-36(28-30-52(47)58-53)40-19-9-21-43-41-18-5-6-26-50(41)59-55(40)43/h1-33H. The molecule has 4 heteroatoms. The summed E-state index contributed by atoms with van der Waals surface area (Å²) in [6.07, 6.45) is 0. The fourth-order valence-electron chi connectivity index (χ4n) is 9.55. The first-order valence-electron chi connectivity index (χ1n) is 20.3. The second kappa shape index (κ2) is 12.7. The Balaban J connectivity index is 1.00. The highest BCUT2D eigenvalue weighted by atomic mass is 16.3. The molecule has 0 aliphatic heterocycles. The average Bonchev–Trinajstić information content (AvgIpc) is 4.00. The number of hydrogen-bond donors (Lipinski definition) is 0. The van der Waals surface area contributed by atoms with Gasteiger partial charge in [0, 0.05) is 59.9 Å². The number of nitrogens with zero attached hydrogens (tertiary/aromatic N) is 1. The molecule has 0 aliphatic rings. The van der Waals surface area contributed by atoms with E-state index in [2.05, 4.69) is 193 Å². The van der Waals surface area contributed by atoms with Crippen LogP contribution in [-0.4, -0.2) is 0 Å². The lowest BCUT2D eigenvalue weighted by atomic mass is 9.95. The van der Waals surface area contributed by atoms with Gasteiger partial charge in [-0.15, -0.1) is 0 Å². The van der Waals surface area contributed by atoms with Gasteiger partial charge in [0.05, 0.1) is 11.4 Å². The number of para-hydroxylation sites is 3. The van der Waals surface area contributed by atoms with Gasteiger partial charge in [0.25, 0.3) is 0 Å². The van der Waals surface area contributed by atoms with Crippen LogP contribution in [-0.2, 0) is 0 Å². The predicted molar refractivity (Wildman–Crippen MR) is 249 cm³/mol. The molecule has 10 aromatic carbocycles. The molecular weight excluding hydrogens is 735 g/mol. The molecular formula is C56H33NO3. The molecule has 4 nitrogen and oxygen atoms in total. The van der Waals surface area contributed by atoms with Crippen LogP contribution >= 0.6 is 0 Å². The Morgan fingerprint density at radius 3 is 1.58 bits per heavy atom. The quantitative estimate of drug-likeness (QED) is 0.175. The number of furan rings is 3. The maximum atomic E-state index is 6.87. The van der Waals surface area contributed by atoms with E-state index < -0.39 is 0 Å². The van der Waals surface area contributed by atoms with Crippen LogP contribution < -0.4 is 4.90 Å². The van der Waals surface area contributed by atoms with E-state index in [0.29, 0.717) is 0 Å². The summed E-state index contributed by atoms with van der Waals surface area (Å²) >= 11 is 0. The van der Waals surface area contributed by atoms with Crippen LogP contribution in [0, 0.1) is 0 Å². The topological polar surface area (TPSA) is 42.7 Å². The zero-order valence-electron chi connectivity index (χ0n) is 32.2. The Bertz CT molecular complexity index is 3770. The molecule has 0 fully saturated rings. The molecule has 0 N–H and O–H groups in total. The number of rotatable bonds is 5. The highest BCUT2D eigenvalue weighted by Gasteiger charge is 2.22. The van der Waals surface area contributed by atoms with Crippen LogP contribution in [0.1, 0.15) is 0 Å². The molecule has 0 bridgehead atoms. The summed E-state index contributed by atoms with van der Waals surface area (Å²) in [4.78, 5) is 2.40. The lowest BCUT2D eigenvalue weighted by molar-refractivity contribution is 0.668. The number of benzene rings is 10. The first-order chi connectivity index (χ1) is 29.7. The Morgan fingerprint density at radius 2 is 0.817 bits per heavy atom. The van der Waals surface area contributed by atoms with Gasteiger partial charge in [-0.05, 0) is 76.5 Å². The molecule has 0 aliphatic carbocycles. The molecule has 3 heterocycles. The molecule has 0 atom stereocenters. The van der Waals surface area contributed by atoms with Gasteiger partial charge >= 0.3 is 0 Å². The van der Waals surface area contributed by atoms with Gasteiger partial charge in [-0.2, -0.15) is 0 Å². The van der Waals surface area contributed by atoms with Crippen LogP contribution in [0.15, 0.2) is 213 Å². The zero-order chi connectivity index (χ0) is 39.3. The van der Waals surface area contributed by atoms with Gasteiger partial charge in [0.15, 0.2) is 0 Å². The Hall–Kier alpha value is -8.08. The van der Waals surface area contributed by atoms with E-state index in [4.69, 9.17) is 13.3 Å². The van der Waals surface area contributed by atoms with E-state index in [1.54, 1.807) is 0 Å². The molecule has 0 saturated carbocycles. The van der Waals surface area contributed by atoms with Crippen LogP contribution in [0.25, 0.3) is 110 Å². The minimum atomic E-state index is 0.831. The summed E-state index contributed by atoms with van der Waals surface area (Å²) in [6, 6.07) is 70.8. The van der Waals surface area contributed by atoms with Gasteiger partial charge in [0.1, 0.15) is 33.5 Å². The van der Waals surface area contributed by atoms with Gasteiger partial charge in [-0.3, -0.25) is 0 Å². The molecule has 0 unspecified atom stereocenters. The smallest absolute Gasteiger partial charge is 0.143 e. The van der Waals surface area contributed by atoms with Crippen molar-refractivity contribution in [3.63, 3.8) is 0 Å². The van der Waals surface area contributed by atoms with Crippen molar-refractivity contribution in [2.45, 2.75) is 0 Å². The molecule has 0 saturated heterocycles. The monoisotopic (exact) mass is 767 g/mol. The summed E-state index contributed by atoms with van der Waals surface area (Å²) in [5, 5.41) is 11.2. The van der Waals surface area contributed by atoms with Crippen molar-refractivity contribution in [2.75, 3.05) is 4.90 Å². The van der Waals surface area contributed by atoms with Crippen molar-refractivity contribution >= 4 is 104 Å². The Kier molecular flexibility index (Phi) is 6.98. The maximum absolute atomic E-state index is 6.87. The first-order valence-corrected chi connectivity index (χ1v) is 20.3. The van der Waals surface area contributed by atoms with E-state index in [1.807, 2.05) is 12.1 Å². The van der Waals surface area contributed by atoms with Crippen molar-refractivity contribution in [1.29, 1.82) is 0 Å². The third-order valence-corrected chi connectivity index (χ3v) is 12.3. The fraction of sp³-hybridized carbons (Fsp3) is 0. The molecule has 0 radical (unpaired) electrons. The largest absolute Gasteiger partial charge is 0.456 e. The van der Waals surface area contributed by atoms with Crippen LogP contribution in [0.3, 0.4) is 0 Å². The third kappa shape index (κ3) is 4.85. The SMILES string of the molecule is c1ccc2c(N(c3ccc4oc5c(-c6cccc7oc8ccc(-c9cccc%10c9oc9ccccc9%10)cc8c67)cccc5c4c3)c3cccc4ccccc34)cccc2c1. The fourth-order valence-corrected chi connectivity index (χ4v) is 9.55. The first kappa shape index (κ1) is 32.9. The summed E-state index contributed by atoms with van der Waals surface area (Å²) in [7, 11) is 0. The van der Waals surface area contributed by atoms with E-state index in [0.717, 1.165) is 105 Å². The number of fused-ring (bicyclic) bond motifs is 11. The van der Waals surface area contributed by atoms with Crippen molar-refractivity contribution in [2.24, 2.45) is 0 Å². The highest BCUT2D eigenvalue weighted by Crippen LogP contribution is 2.47. The maximum Gasteiger partial charge on any atom is 0.143 e. The predicted octanol–water partition coefficient (Wildman–Crippen LogP) is 16.5. The van der Waals surface area contributed by atoms with Crippen LogP contribution in [0.5, 0.6) is 0 Å². The van der Waals surface area contributed by atoms with Crippen molar-refractivity contribution in [3.05, 3.63) is 200 Å². The summed E-state index contributed by atoms with van der Waals surface area (Å²) in [6.45, 7) is 0. The summed E-state index contributed by atoms with van der Waals surface area (Å²) in [5.74, 6) is 0. The molecule has 13 aromatic rings. The third-order valence-electron chi connectivity index (χ3n) is 12.3. The van der Waals surface area contributed by atoms with Gasteiger partial charge in [-0.25, -0.2) is 0 Å². The Morgan fingerprint density at radius 1 is 0.300 bits per heavy atom. The van der Waals surface area contributed by atoms with Gasteiger partial charge in [-0.1, -0.05) is 146 Å². The summed E-state index contributed by atoms with van der Waals surface area (Å²) < 4.78 is 19.9. The molecule has 0 amide bonds. The molecule has 60 heavy (non-hydrogen) atoms. The highest BCUT2D eigenvalue weighted by molar-refractivity contribution is 6.19. The van der Waals surface area contributed by atoms with Gasteiger partial charge < -0.3 is 18.2 Å². The summed E-state index contributed by atoms with van der Waals surface area (Å²) in [5.41, 5.74) is 12.6. The van der Waals surface area contributed by atoms with Crippen LogP contribution in [0.2, 0.25) is 0 Å². The van der Waals surface area contributed by atoms with E-state index in [1.165, 1.54) is 21.5 Å². The van der Waals surface area contributed by atoms with Crippen molar-refractivity contribution in [1.82, 2.24) is 0 Å². The second-order valence-electron chi connectivity index (χ2n) is 15.6. The van der Waals surface area contributed by atoms with E-state index in [-0.39, 0.29) is 0 Å². The zero-order valence-corrected chi connectivity index (χ0v) is 32.2. The number of anilines is 3. The van der Waals surface area contributed by atoms with Crippen LogP contribution in [0.4, 0.5) is 17.1 Å². The molecule has 13 rings (SSSR count). The molecule has 0 spiro atoms. The number of hydrogen-bond acceptors (Lipinski definition) is 4. The van der Waals surface area contributed by atoms with E-state index >= 15 is 0 Å². The lowest BCUT2D eigenvalue weighted by Gasteiger charge is -2.28. The average molecular weight is 768 g/mol. The normalized spacial score (nSPS) is 12.0. The second-order valence-corrected chi connectivity index (χ2v) is 15.6. The minimum Gasteiger partial charge on any atom is -0.456 e. The Labute approximate surface area is 343 Å². The molecule has 280 valence electrons.